The molecule has 0 aromatic rings. The molecule has 0 fully saturated rings. The molecular weight excluding hydrogens is 1440 g/mol. The van der Waals surface area contributed by atoms with Gasteiger partial charge >= 0.3 is 39.5 Å². The maximum absolute atomic E-state index is 13.2. The largest absolute Gasteiger partial charge is 0.472 e. The SMILES string of the molecule is CCCCCCCCCCCCCCCCCCCCCCCCC(=O)O[C@H](COC(=O)CCCCCCCCCCCCCCCCCCCCC)COP(=O)(O)OC[C@@H](O)COP(=O)(O)OC[C@@H](COC(=O)CCCCCCCCCCC(C)CC)OC(=O)CCCCCCCCCCCCCCCCC(C)CC. The molecule has 0 saturated carbocycles. The summed E-state index contributed by atoms with van der Waals surface area (Å²) >= 11 is 0. The lowest BCUT2D eigenvalue weighted by Crippen LogP contribution is -2.30. The summed E-state index contributed by atoms with van der Waals surface area (Å²) in [5.41, 5.74) is 0. The van der Waals surface area contributed by atoms with Crippen LogP contribution in [0.2, 0.25) is 0 Å². The molecule has 0 bridgehead atoms. The summed E-state index contributed by atoms with van der Waals surface area (Å²) in [6, 6.07) is 0. The Kier molecular flexibility index (Phi) is 81.7. The summed E-state index contributed by atoms with van der Waals surface area (Å²) < 4.78 is 69.1. The highest BCUT2D eigenvalue weighted by Crippen LogP contribution is 2.45. The highest BCUT2D eigenvalue weighted by Gasteiger charge is 2.31. The Morgan fingerprint density at radius 2 is 0.432 bits per heavy atom. The zero-order valence-corrected chi connectivity index (χ0v) is 75.1. The summed E-state index contributed by atoms with van der Waals surface area (Å²) in [5, 5.41) is 10.7. The Bertz CT molecular complexity index is 2120. The summed E-state index contributed by atoms with van der Waals surface area (Å²) in [6.45, 7) is 9.76. The molecule has 17 nitrogen and oxygen atoms in total. The normalized spacial score (nSPS) is 14.2. The standard InChI is InChI=1S/C92H180O17P2/c1-7-11-13-15-17-19-21-23-25-27-29-30-31-33-35-37-42-46-50-58-64-70-76-91(96)108-87(80-102-89(94)74-68-62-56-49-45-41-36-34-32-28-26-24-22-20-18-16-14-12-8-2)82-106-110(98,99)104-78-86(93)79-105-111(100,101)107-83-88(81-103-90(95)75-69-63-57-53-52-55-61-67-73-85(6)10-4)109-92(97)77-71-65-59-51-47-43-39-38-40-44-48-54-60-66-72-84(5)9-3/h84-88,93H,7-83H2,1-6H3,(H,98,99)(H,100,101)/t84?,85?,86-,87-,88-/m1/s1. The number of esters is 4. The average Bonchev–Trinajstić information content (AvgIpc) is 0.904. The van der Waals surface area contributed by atoms with Crippen molar-refractivity contribution in [3.05, 3.63) is 0 Å². The Morgan fingerprint density at radius 1 is 0.252 bits per heavy atom. The first-order valence-electron chi connectivity index (χ1n) is 47.6. The van der Waals surface area contributed by atoms with E-state index in [1.165, 1.54) is 315 Å². The number of hydrogen-bond acceptors (Lipinski definition) is 15. The van der Waals surface area contributed by atoms with Crippen LogP contribution in [-0.4, -0.2) is 96.7 Å². The summed E-state index contributed by atoms with van der Waals surface area (Å²) in [4.78, 5) is 73.5. The number of hydrogen-bond donors (Lipinski definition) is 3. The minimum Gasteiger partial charge on any atom is -0.462 e. The predicted molar refractivity (Wildman–Crippen MR) is 460 cm³/mol. The quantitative estimate of drug-likeness (QED) is 0.0222. The van der Waals surface area contributed by atoms with Crippen molar-refractivity contribution < 1.29 is 80.2 Å². The van der Waals surface area contributed by atoms with Gasteiger partial charge in [-0.05, 0) is 37.5 Å². The first-order valence-corrected chi connectivity index (χ1v) is 50.6. The third-order valence-corrected chi connectivity index (χ3v) is 24.3. The molecule has 0 aliphatic heterocycles. The van der Waals surface area contributed by atoms with Crippen molar-refractivity contribution in [3.63, 3.8) is 0 Å². The van der Waals surface area contributed by atoms with Gasteiger partial charge in [-0.25, -0.2) is 9.13 Å². The Balaban J connectivity index is 5.25. The minimum atomic E-state index is -4.97. The van der Waals surface area contributed by atoms with Crippen LogP contribution in [0, 0.1) is 11.8 Å². The van der Waals surface area contributed by atoms with Gasteiger partial charge in [0.25, 0.3) is 0 Å². The smallest absolute Gasteiger partial charge is 0.462 e. The van der Waals surface area contributed by atoms with E-state index < -0.39 is 97.5 Å². The third-order valence-electron chi connectivity index (χ3n) is 22.4. The molecular formula is C92H180O17P2. The number of rotatable bonds is 91. The molecule has 0 aromatic carbocycles. The number of aliphatic hydroxyl groups excluding tert-OH is 1. The van der Waals surface area contributed by atoms with Crippen molar-refractivity contribution in [3.8, 4) is 0 Å². The van der Waals surface area contributed by atoms with Crippen LogP contribution in [0.3, 0.4) is 0 Å². The van der Waals surface area contributed by atoms with Crippen LogP contribution in [0.25, 0.3) is 0 Å². The van der Waals surface area contributed by atoms with E-state index in [2.05, 4.69) is 41.5 Å². The number of phosphoric acid groups is 2. The molecule has 0 radical (unpaired) electrons. The molecule has 0 aliphatic carbocycles. The maximum Gasteiger partial charge on any atom is 0.472 e. The Hall–Kier alpha value is -1.94. The van der Waals surface area contributed by atoms with E-state index in [9.17, 15) is 43.2 Å². The van der Waals surface area contributed by atoms with E-state index in [-0.39, 0.29) is 25.7 Å². The Labute approximate surface area is 683 Å². The number of phosphoric ester groups is 2. The number of aliphatic hydroxyl groups is 1. The van der Waals surface area contributed by atoms with Crippen LogP contribution in [-0.2, 0) is 65.4 Å². The van der Waals surface area contributed by atoms with Crippen LogP contribution in [0.15, 0.2) is 0 Å². The highest BCUT2D eigenvalue weighted by molar-refractivity contribution is 7.47. The molecule has 0 aliphatic rings. The van der Waals surface area contributed by atoms with Crippen LogP contribution in [0.1, 0.15) is 497 Å². The second-order valence-corrected chi connectivity index (χ2v) is 36.4. The molecule has 7 atom stereocenters. The highest BCUT2D eigenvalue weighted by atomic mass is 31.2. The van der Waals surface area contributed by atoms with Gasteiger partial charge < -0.3 is 33.8 Å². The zero-order chi connectivity index (χ0) is 81.3. The second kappa shape index (κ2) is 83.1. The Morgan fingerprint density at radius 3 is 0.640 bits per heavy atom. The molecule has 0 saturated heterocycles. The first kappa shape index (κ1) is 109. The summed E-state index contributed by atoms with van der Waals surface area (Å²) in [5.74, 6) is -0.472. The molecule has 4 unspecified atom stereocenters. The van der Waals surface area contributed by atoms with Gasteiger partial charge in [0, 0.05) is 25.7 Å². The molecule has 0 amide bonds. The molecule has 0 rings (SSSR count). The lowest BCUT2D eigenvalue weighted by molar-refractivity contribution is -0.161. The van der Waals surface area contributed by atoms with E-state index in [1.807, 2.05) is 0 Å². The van der Waals surface area contributed by atoms with E-state index in [0.29, 0.717) is 25.7 Å². The van der Waals surface area contributed by atoms with E-state index in [4.69, 9.17) is 37.0 Å². The predicted octanol–water partition coefficient (Wildman–Crippen LogP) is 28.6. The molecule has 19 heteroatoms. The fraction of sp³-hybridized carbons (Fsp3) is 0.957. The summed E-state index contributed by atoms with van der Waals surface area (Å²) in [6.07, 6.45) is 77.8. The molecule has 0 spiro atoms. The van der Waals surface area contributed by atoms with E-state index >= 15 is 0 Å². The second-order valence-electron chi connectivity index (χ2n) is 33.5. The van der Waals surface area contributed by atoms with Gasteiger partial charge in [-0.2, -0.15) is 0 Å². The number of carbonyl (C=O) groups excluding carboxylic acids is 4. The van der Waals surface area contributed by atoms with Crippen LogP contribution >= 0.6 is 15.6 Å². The van der Waals surface area contributed by atoms with Gasteiger partial charge in [0.15, 0.2) is 12.2 Å². The van der Waals surface area contributed by atoms with Crippen LogP contribution in [0.5, 0.6) is 0 Å². The average molecular weight is 1620 g/mol. The van der Waals surface area contributed by atoms with Crippen molar-refractivity contribution in [2.75, 3.05) is 39.6 Å². The fourth-order valence-electron chi connectivity index (χ4n) is 14.4. The van der Waals surface area contributed by atoms with Crippen LogP contribution in [0.4, 0.5) is 0 Å². The van der Waals surface area contributed by atoms with E-state index in [0.717, 1.165) is 102 Å². The fourth-order valence-corrected chi connectivity index (χ4v) is 16.0. The van der Waals surface area contributed by atoms with Crippen molar-refractivity contribution in [1.29, 1.82) is 0 Å². The number of carbonyl (C=O) groups is 4. The van der Waals surface area contributed by atoms with Gasteiger partial charge in [-0.3, -0.25) is 37.3 Å². The summed E-state index contributed by atoms with van der Waals surface area (Å²) in [7, 11) is -9.94. The van der Waals surface area contributed by atoms with E-state index in [1.54, 1.807) is 0 Å². The first-order chi connectivity index (χ1) is 53.9. The lowest BCUT2D eigenvalue weighted by Gasteiger charge is -2.21. The number of unbranched alkanes of at least 4 members (excludes halogenated alkanes) is 59. The monoisotopic (exact) mass is 1620 g/mol. The van der Waals surface area contributed by atoms with Gasteiger partial charge in [0.05, 0.1) is 26.4 Å². The van der Waals surface area contributed by atoms with Crippen molar-refractivity contribution in [2.24, 2.45) is 11.8 Å². The van der Waals surface area contributed by atoms with Crippen molar-refractivity contribution in [2.45, 2.75) is 516 Å². The lowest BCUT2D eigenvalue weighted by atomic mass is 9.99. The van der Waals surface area contributed by atoms with Crippen molar-refractivity contribution >= 4 is 39.5 Å². The van der Waals surface area contributed by atoms with Gasteiger partial charge in [-0.1, -0.05) is 446 Å². The number of ether oxygens (including phenoxy) is 4. The molecule has 660 valence electrons. The molecule has 111 heavy (non-hydrogen) atoms. The third kappa shape index (κ3) is 82.9. The zero-order valence-electron chi connectivity index (χ0n) is 73.3. The van der Waals surface area contributed by atoms with Crippen molar-refractivity contribution in [1.82, 2.24) is 0 Å². The van der Waals surface area contributed by atoms with Crippen LogP contribution < -0.4 is 0 Å². The molecule has 0 heterocycles. The van der Waals surface area contributed by atoms with Gasteiger partial charge in [0.1, 0.15) is 19.3 Å². The van der Waals surface area contributed by atoms with Gasteiger partial charge in [-0.15, -0.1) is 0 Å². The molecule has 0 aromatic heterocycles. The molecule has 3 N–H and O–H groups in total. The topological polar surface area (TPSA) is 237 Å². The van der Waals surface area contributed by atoms with Gasteiger partial charge in [0.2, 0.25) is 0 Å². The maximum atomic E-state index is 13.2. The minimum absolute atomic E-state index is 0.108.